The summed E-state index contributed by atoms with van der Waals surface area (Å²) in [4.78, 5) is -1.08. The van der Waals surface area contributed by atoms with Gasteiger partial charge < -0.3 is 10.2 Å². The van der Waals surface area contributed by atoms with Crippen molar-refractivity contribution in [3.8, 4) is 11.8 Å². The van der Waals surface area contributed by atoms with Crippen LogP contribution in [0.5, 0.6) is 11.8 Å². The predicted octanol–water partition coefficient (Wildman–Crippen LogP) is 4.29. The molecule has 0 atom stereocenters. The van der Waals surface area contributed by atoms with Crippen molar-refractivity contribution < 1.29 is 10.2 Å². The van der Waals surface area contributed by atoms with Gasteiger partial charge in [-0.25, -0.2) is 3.97 Å². The van der Waals surface area contributed by atoms with E-state index in [0.29, 0.717) is 17.5 Å². The van der Waals surface area contributed by atoms with Crippen LogP contribution in [0.15, 0.2) is 6.08 Å². The minimum absolute atomic E-state index is 0.0866. The predicted molar refractivity (Wildman–Crippen MR) is 78.0 cm³/mol. The molecule has 0 spiro atoms. The molecule has 1 aromatic rings. The van der Waals surface area contributed by atoms with Crippen LogP contribution in [-0.2, 0) is 6.42 Å². The highest BCUT2D eigenvalue weighted by molar-refractivity contribution is 8.02. The third kappa shape index (κ3) is 2.54. The van der Waals surface area contributed by atoms with Crippen molar-refractivity contribution in [1.82, 2.24) is 3.97 Å². The molecule has 0 amide bonds. The van der Waals surface area contributed by atoms with Crippen LogP contribution in [0.4, 0.5) is 0 Å². The Morgan fingerprint density at radius 2 is 1.94 bits per heavy atom. The van der Waals surface area contributed by atoms with E-state index < -0.39 is 8.50 Å². The molecule has 0 unspecified atom stereocenters. The van der Waals surface area contributed by atoms with Crippen molar-refractivity contribution in [2.24, 2.45) is 0 Å². The molecule has 0 fully saturated rings. The van der Waals surface area contributed by atoms with Gasteiger partial charge in [0.2, 0.25) is 15.4 Å². The molecule has 3 nitrogen and oxygen atoms in total. The molecule has 0 radical (unpaired) electrons. The Morgan fingerprint density at radius 1 is 1.28 bits per heavy atom. The van der Waals surface area contributed by atoms with E-state index in [1.54, 1.807) is 6.08 Å². The Balaban J connectivity index is 2.41. The maximum atomic E-state index is 10.0. The smallest absolute Gasteiger partial charge is 0.212 e. The van der Waals surface area contributed by atoms with Gasteiger partial charge in [-0.1, -0.05) is 35.4 Å². The number of hydrogen-bond acceptors (Lipinski definition) is 3. The fourth-order valence-electron chi connectivity index (χ4n) is 1.69. The van der Waals surface area contributed by atoms with Crippen molar-refractivity contribution in [2.75, 3.05) is 0 Å². The van der Waals surface area contributed by atoms with Gasteiger partial charge in [-0.15, -0.1) is 23.2 Å². The van der Waals surface area contributed by atoms with Crippen LogP contribution in [0.2, 0.25) is 0 Å². The zero-order valence-electron chi connectivity index (χ0n) is 8.91. The van der Waals surface area contributed by atoms with Crippen molar-refractivity contribution >= 4 is 64.4 Å². The summed E-state index contributed by atoms with van der Waals surface area (Å²) in [6, 6.07) is 0. The van der Waals surface area contributed by atoms with Gasteiger partial charge in [0.05, 0.1) is 0 Å². The summed E-state index contributed by atoms with van der Waals surface area (Å²) in [6.07, 6.45) is 5.10. The van der Waals surface area contributed by atoms with E-state index >= 15 is 0 Å². The van der Waals surface area contributed by atoms with E-state index in [1.807, 2.05) is 6.08 Å². The third-order valence-corrected chi connectivity index (χ3v) is 5.75. The van der Waals surface area contributed by atoms with Gasteiger partial charge in [0.25, 0.3) is 0 Å². The van der Waals surface area contributed by atoms with Gasteiger partial charge in [-0.3, -0.25) is 0 Å². The lowest BCUT2D eigenvalue weighted by Gasteiger charge is -2.20. The highest BCUT2D eigenvalue weighted by atomic mass is 35.5. The molecule has 1 aliphatic carbocycles. The lowest BCUT2D eigenvalue weighted by atomic mass is 10.0. The highest BCUT2D eigenvalue weighted by Crippen LogP contribution is 2.49. The SMILES string of the molecule is Oc1c2c(c(O)n1SC(Cl)(Cl)C(Cl)Cl)CCC=C2. The van der Waals surface area contributed by atoms with Gasteiger partial charge in [-0.05, 0) is 12.8 Å². The van der Waals surface area contributed by atoms with Crippen LogP contribution in [0.1, 0.15) is 17.5 Å². The molecule has 0 saturated carbocycles. The van der Waals surface area contributed by atoms with Crippen LogP contribution in [0, 0.1) is 0 Å². The maximum Gasteiger partial charge on any atom is 0.212 e. The molecule has 0 aromatic carbocycles. The number of aromatic hydroxyl groups is 2. The first-order chi connectivity index (χ1) is 8.34. The van der Waals surface area contributed by atoms with Crippen molar-refractivity contribution in [3.05, 3.63) is 17.2 Å². The summed E-state index contributed by atoms with van der Waals surface area (Å²) in [7, 11) is 0. The summed E-state index contributed by atoms with van der Waals surface area (Å²) >= 11 is 23.9. The maximum absolute atomic E-state index is 10.0. The van der Waals surface area contributed by atoms with E-state index in [1.165, 1.54) is 0 Å². The Kier molecular flexibility index (Phi) is 4.24. The van der Waals surface area contributed by atoms with Gasteiger partial charge in [0.15, 0.2) is 4.84 Å². The molecule has 18 heavy (non-hydrogen) atoms. The molecule has 1 aromatic heterocycles. The Morgan fingerprint density at radius 3 is 2.50 bits per heavy atom. The second-order valence-corrected chi connectivity index (χ2v) is 7.85. The normalized spacial score (nSPS) is 15.2. The number of rotatable bonds is 3. The number of fused-ring (bicyclic) bond motifs is 1. The number of nitrogens with zero attached hydrogens (tertiary/aromatic N) is 1. The van der Waals surface area contributed by atoms with Gasteiger partial charge in [0, 0.05) is 23.1 Å². The van der Waals surface area contributed by atoms with E-state index in [-0.39, 0.29) is 11.8 Å². The third-order valence-electron chi connectivity index (χ3n) is 2.53. The fourth-order valence-corrected chi connectivity index (χ4v) is 3.04. The largest absolute Gasteiger partial charge is 0.494 e. The first kappa shape index (κ1) is 14.5. The zero-order chi connectivity index (χ0) is 13.5. The standard InChI is InChI=1S/C10H9Cl4NO2S/c11-9(12)10(13,14)18-15-7(16)5-3-1-2-4-6(5)8(15)17/h1,3,9,16-17H,2,4H2. The molecule has 0 saturated heterocycles. The summed E-state index contributed by atoms with van der Waals surface area (Å²) in [5, 5.41) is 20.1. The number of hydrogen-bond donors (Lipinski definition) is 2. The number of allylic oxidation sites excluding steroid dienone is 1. The average molecular weight is 349 g/mol. The summed E-state index contributed by atoms with van der Waals surface area (Å²) < 4.78 is -0.443. The van der Waals surface area contributed by atoms with Crippen LogP contribution >= 0.6 is 58.4 Å². The van der Waals surface area contributed by atoms with Crippen molar-refractivity contribution in [1.29, 1.82) is 0 Å². The molecule has 2 N–H and O–H groups in total. The molecule has 0 bridgehead atoms. The molecule has 1 heterocycles. The molecule has 100 valence electrons. The van der Waals surface area contributed by atoms with E-state index in [4.69, 9.17) is 46.4 Å². The van der Waals surface area contributed by atoms with E-state index in [0.717, 1.165) is 22.3 Å². The summed E-state index contributed by atoms with van der Waals surface area (Å²) in [5.74, 6) is -0.209. The number of aromatic nitrogens is 1. The highest BCUT2D eigenvalue weighted by Gasteiger charge is 2.37. The van der Waals surface area contributed by atoms with Crippen molar-refractivity contribution in [2.45, 2.75) is 21.3 Å². The van der Waals surface area contributed by atoms with Crippen LogP contribution in [0.25, 0.3) is 6.08 Å². The van der Waals surface area contributed by atoms with Crippen LogP contribution in [0.3, 0.4) is 0 Å². The molecule has 1 aliphatic rings. The number of halogens is 4. The quantitative estimate of drug-likeness (QED) is 0.801. The van der Waals surface area contributed by atoms with Crippen molar-refractivity contribution in [3.63, 3.8) is 0 Å². The average Bonchev–Trinajstić information content (AvgIpc) is 2.55. The lowest BCUT2D eigenvalue weighted by molar-refractivity contribution is 0.414. The Bertz CT molecular complexity index is 499. The molecular weight excluding hydrogens is 340 g/mol. The lowest BCUT2D eigenvalue weighted by Crippen LogP contribution is -2.18. The summed E-state index contributed by atoms with van der Waals surface area (Å²) in [5.41, 5.74) is 1.23. The molecular formula is C10H9Cl4NO2S. The topological polar surface area (TPSA) is 45.4 Å². The number of alkyl halides is 4. The van der Waals surface area contributed by atoms with E-state index in [2.05, 4.69) is 0 Å². The Hall–Kier alpha value is 0.130. The molecule has 2 rings (SSSR count). The minimum Gasteiger partial charge on any atom is -0.494 e. The van der Waals surface area contributed by atoms with Crippen LogP contribution in [-0.4, -0.2) is 22.7 Å². The van der Waals surface area contributed by atoms with Gasteiger partial charge in [0.1, 0.15) is 0 Å². The fraction of sp³-hybridized carbons (Fsp3) is 0.400. The monoisotopic (exact) mass is 347 g/mol. The second-order valence-electron chi connectivity index (χ2n) is 3.73. The second kappa shape index (κ2) is 5.25. The van der Waals surface area contributed by atoms with Gasteiger partial charge in [-0.2, -0.15) is 0 Å². The van der Waals surface area contributed by atoms with Gasteiger partial charge >= 0.3 is 0 Å². The van der Waals surface area contributed by atoms with Crippen LogP contribution < -0.4 is 0 Å². The minimum atomic E-state index is -1.58. The summed E-state index contributed by atoms with van der Waals surface area (Å²) in [6.45, 7) is 0. The molecule has 0 aliphatic heterocycles. The Labute approximate surface area is 128 Å². The molecule has 8 heteroatoms. The first-order valence-electron chi connectivity index (χ1n) is 5.02. The van der Waals surface area contributed by atoms with E-state index in [9.17, 15) is 10.2 Å². The first-order valence-corrected chi connectivity index (χ1v) is 7.42. The zero-order valence-corrected chi connectivity index (χ0v) is 12.7.